The second kappa shape index (κ2) is 5.39. The molecule has 3 heteroatoms. The maximum atomic E-state index is 9.26. The van der Waals surface area contributed by atoms with E-state index in [4.69, 9.17) is 0 Å². The van der Waals surface area contributed by atoms with Crippen molar-refractivity contribution in [3.05, 3.63) is 34.9 Å². The molecule has 0 fully saturated rings. The Balaban J connectivity index is 2.27. The van der Waals surface area contributed by atoms with Gasteiger partial charge in [-0.1, -0.05) is 25.5 Å². The van der Waals surface area contributed by atoms with E-state index in [-0.39, 0.29) is 0 Å². The third-order valence-corrected chi connectivity index (χ3v) is 4.07. The van der Waals surface area contributed by atoms with E-state index in [0.717, 1.165) is 6.54 Å². The van der Waals surface area contributed by atoms with Crippen LogP contribution in [0.3, 0.4) is 0 Å². The van der Waals surface area contributed by atoms with Gasteiger partial charge >= 0.3 is 0 Å². The van der Waals surface area contributed by atoms with Gasteiger partial charge in [0.05, 0.1) is 0 Å². The summed E-state index contributed by atoms with van der Waals surface area (Å²) in [7, 11) is 0. The number of fused-ring (bicyclic) bond motifs is 1. The molecule has 0 amide bonds. The number of nitrogens with zero attached hydrogens (tertiary/aromatic N) is 1. The summed E-state index contributed by atoms with van der Waals surface area (Å²) in [5.41, 5.74) is 3.15. The Morgan fingerprint density at radius 2 is 1.83 bits per heavy atom. The molecule has 100 valence electrons. The van der Waals surface area contributed by atoms with Crippen LogP contribution in [0.4, 0.5) is 0 Å². The number of hydrogen-bond donors (Lipinski definition) is 2. The van der Waals surface area contributed by atoms with E-state index in [9.17, 15) is 10.2 Å². The van der Waals surface area contributed by atoms with Crippen LogP contribution in [0.5, 0.6) is 0 Å². The first-order chi connectivity index (χ1) is 8.56. The van der Waals surface area contributed by atoms with Crippen molar-refractivity contribution in [3.8, 4) is 0 Å². The third-order valence-electron chi connectivity index (χ3n) is 4.07. The number of aliphatic hydroxyl groups excluding tert-OH is 1. The summed E-state index contributed by atoms with van der Waals surface area (Å²) < 4.78 is 0. The molecule has 2 unspecified atom stereocenters. The van der Waals surface area contributed by atoms with Crippen LogP contribution >= 0.6 is 0 Å². The van der Waals surface area contributed by atoms with Crippen LogP contribution in [0, 0.1) is 0 Å². The van der Waals surface area contributed by atoms with Crippen LogP contribution in [-0.2, 0) is 0 Å². The fourth-order valence-corrected chi connectivity index (χ4v) is 2.92. The monoisotopic (exact) mass is 249 g/mol. The number of unbranched alkanes of at least 4 members (excludes halogenated alkanes) is 1. The quantitative estimate of drug-likeness (QED) is 0.806. The normalized spacial score (nSPS) is 23.7. The summed E-state index contributed by atoms with van der Waals surface area (Å²) in [6.07, 6.45) is 1.04. The summed E-state index contributed by atoms with van der Waals surface area (Å²) in [5, 5.41) is 18.5. The molecule has 0 bridgehead atoms. The zero-order chi connectivity index (χ0) is 13.3. The van der Waals surface area contributed by atoms with E-state index < -0.39 is 6.29 Å². The van der Waals surface area contributed by atoms with Crippen LogP contribution in [0.2, 0.25) is 0 Å². The van der Waals surface area contributed by atoms with Gasteiger partial charge in [0, 0.05) is 17.6 Å². The molecule has 2 rings (SSSR count). The van der Waals surface area contributed by atoms with E-state index in [1.54, 1.807) is 0 Å². The van der Waals surface area contributed by atoms with Crippen molar-refractivity contribution in [2.75, 3.05) is 6.54 Å². The zero-order valence-electron chi connectivity index (χ0n) is 11.4. The average molecular weight is 249 g/mol. The topological polar surface area (TPSA) is 43.7 Å². The lowest BCUT2D eigenvalue weighted by atomic mass is 10.00. The van der Waals surface area contributed by atoms with Gasteiger partial charge in [-0.15, -0.1) is 0 Å². The predicted octanol–water partition coefficient (Wildman–Crippen LogP) is 2.91. The van der Waals surface area contributed by atoms with E-state index in [0.29, 0.717) is 17.6 Å². The van der Waals surface area contributed by atoms with E-state index in [2.05, 4.69) is 25.7 Å². The van der Waals surface area contributed by atoms with Crippen molar-refractivity contribution in [3.63, 3.8) is 0 Å². The first kappa shape index (κ1) is 13.5. The molecule has 0 aliphatic carbocycles. The van der Waals surface area contributed by atoms with Gasteiger partial charge in [0.15, 0.2) is 6.29 Å². The summed E-state index contributed by atoms with van der Waals surface area (Å²) in [5.74, 6) is 0. The maximum Gasteiger partial charge on any atom is 0.178 e. The predicted molar refractivity (Wildman–Crippen MR) is 72.1 cm³/mol. The van der Waals surface area contributed by atoms with Crippen molar-refractivity contribution in [2.24, 2.45) is 0 Å². The highest BCUT2D eigenvalue weighted by Crippen LogP contribution is 2.42. The molecule has 0 radical (unpaired) electrons. The van der Waals surface area contributed by atoms with Gasteiger partial charge < -0.3 is 10.2 Å². The molecular weight excluding hydrogens is 226 g/mol. The van der Waals surface area contributed by atoms with Crippen LogP contribution in [-0.4, -0.2) is 21.7 Å². The van der Waals surface area contributed by atoms with Gasteiger partial charge in [-0.2, -0.15) is 0 Å². The van der Waals surface area contributed by atoms with Crippen molar-refractivity contribution >= 4 is 0 Å². The summed E-state index contributed by atoms with van der Waals surface area (Å²) in [4.78, 5) is 2.49. The molecule has 3 nitrogen and oxygen atoms in total. The number of aliphatic hydroxyl groups is 2. The smallest absolute Gasteiger partial charge is 0.178 e. The Labute approximate surface area is 109 Å². The van der Waals surface area contributed by atoms with Crippen LogP contribution in [0.1, 0.15) is 68.7 Å². The van der Waals surface area contributed by atoms with Crippen LogP contribution in [0.25, 0.3) is 0 Å². The minimum absolute atomic E-state index is 0.361. The Morgan fingerprint density at radius 3 is 2.44 bits per heavy atom. The average Bonchev–Trinajstić information content (AvgIpc) is 2.59. The number of hydrogen-bond acceptors (Lipinski definition) is 3. The van der Waals surface area contributed by atoms with Crippen LogP contribution in [0.15, 0.2) is 18.2 Å². The van der Waals surface area contributed by atoms with Gasteiger partial charge in [-0.05, 0) is 44.0 Å². The molecular formula is C15H23NO2. The third kappa shape index (κ3) is 2.30. The van der Waals surface area contributed by atoms with Gasteiger partial charge in [0.2, 0.25) is 0 Å². The lowest BCUT2D eigenvalue weighted by Crippen LogP contribution is -2.24. The molecule has 0 saturated heterocycles. The molecule has 1 aliphatic rings. The van der Waals surface area contributed by atoms with Crippen molar-refractivity contribution in [2.45, 2.75) is 52.0 Å². The maximum absolute atomic E-state index is 9.26. The minimum atomic E-state index is -1.37. The molecule has 1 aromatic carbocycles. The first-order valence-corrected chi connectivity index (χ1v) is 6.81. The molecule has 0 saturated carbocycles. The fourth-order valence-electron chi connectivity index (χ4n) is 2.92. The SMILES string of the molecule is CCCCN1C(C)c2ccc(C(O)O)cc2C1C. The minimum Gasteiger partial charge on any atom is -0.364 e. The Kier molecular flexibility index (Phi) is 4.05. The lowest BCUT2D eigenvalue weighted by Gasteiger charge is -2.26. The van der Waals surface area contributed by atoms with Crippen molar-refractivity contribution < 1.29 is 10.2 Å². The first-order valence-electron chi connectivity index (χ1n) is 6.81. The lowest BCUT2D eigenvalue weighted by molar-refractivity contribution is -0.0425. The largest absolute Gasteiger partial charge is 0.364 e. The standard InChI is InChI=1S/C15H23NO2/c1-4-5-8-16-10(2)13-7-6-12(15(17)18)9-14(13)11(16)3/h6-7,9-11,15,17-18H,4-5,8H2,1-3H3. The van der Waals surface area contributed by atoms with E-state index >= 15 is 0 Å². The second-order valence-corrected chi connectivity index (χ2v) is 5.21. The van der Waals surface area contributed by atoms with Gasteiger partial charge in [-0.25, -0.2) is 0 Å². The van der Waals surface area contributed by atoms with Crippen molar-refractivity contribution in [1.82, 2.24) is 4.90 Å². The summed E-state index contributed by atoms with van der Waals surface area (Å²) in [6.45, 7) is 7.74. The van der Waals surface area contributed by atoms with Gasteiger partial charge in [-0.3, -0.25) is 4.90 Å². The highest BCUT2D eigenvalue weighted by Gasteiger charge is 2.32. The van der Waals surface area contributed by atoms with E-state index in [1.807, 2.05) is 18.2 Å². The molecule has 0 spiro atoms. The zero-order valence-corrected chi connectivity index (χ0v) is 11.4. The fraction of sp³-hybridized carbons (Fsp3) is 0.600. The number of benzene rings is 1. The van der Waals surface area contributed by atoms with Crippen molar-refractivity contribution in [1.29, 1.82) is 0 Å². The highest BCUT2D eigenvalue weighted by atomic mass is 16.5. The van der Waals surface area contributed by atoms with E-state index in [1.165, 1.54) is 24.0 Å². The molecule has 0 aromatic heterocycles. The summed E-state index contributed by atoms with van der Waals surface area (Å²) >= 11 is 0. The Morgan fingerprint density at radius 1 is 1.17 bits per heavy atom. The highest BCUT2D eigenvalue weighted by molar-refractivity contribution is 5.40. The Bertz CT molecular complexity index is 417. The second-order valence-electron chi connectivity index (χ2n) is 5.21. The molecule has 1 aliphatic heterocycles. The van der Waals surface area contributed by atoms with Crippen LogP contribution < -0.4 is 0 Å². The summed E-state index contributed by atoms with van der Waals surface area (Å²) in [6, 6.07) is 6.58. The molecule has 2 atom stereocenters. The van der Waals surface area contributed by atoms with Gasteiger partial charge in [0.1, 0.15) is 0 Å². The molecule has 18 heavy (non-hydrogen) atoms. The number of rotatable bonds is 4. The molecule has 2 N–H and O–H groups in total. The molecule has 1 aromatic rings. The Hall–Kier alpha value is -0.900. The van der Waals surface area contributed by atoms with Gasteiger partial charge in [0.25, 0.3) is 0 Å². The molecule has 1 heterocycles.